The van der Waals surface area contributed by atoms with E-state index in [0.29, 0.717) is 21.9 Å². The van der Waals surface area contributed by atoms with Crippen molar-refractivity contribution in [2.24, 2.45) is 0 Å². The summed E-state index contributed by atoms with van der Waals surface area (Å²) in [5, 5.41) is 7.47. The summed E-state index contributed by atoms with van der Waals surface area (Å²) in [5.74, 6) is -1.43. The fraction of sp³-hybridized carbons (Fsp3) is 0. The molecule has 0 aliphatic carbocycles. The van der Waals surface area contributed by atoms with Crippen molar-refractivity contribution in [2.45, 2.75) is 0 Å². The molecule has 0 atom stereocenters. The molecule has 2 fully saturated rings. The van der Waals surface area contributed by atoms with Crippen LogP contribution in [0.5, 0.6) is 0 Å². The molecule has 4 N–H and O–H groups in total. The molecule has 2 aliphatic heterocycles. The summed E-state index contributed by atoms with van der Waals surface area (Å²) in [6.07, 6.45) is 12.7. The Kier molecular flexibility index (Phi) is 4.07. The number of hydrogen-bond acceptors (Lipinski definition) is 6. The van der Waals surface area contributed by atoms with Crippen LogP contribution in [0.4, 0.5) is 9.59 Å². The third-order valence-electron chi connectivity index (χ3n) is 5.56. The summed E-state index contributed by atoms with van der Waals surface area (Å²) in [6.45, 7) is 0. The summed E-state index contributed by atoms with van der Waals surface area (Å²) >= 11 is 0. The maximum atomic E-state index is 12.7. The first-order chi connectivity index (χ1) is 16.5. The van der Waals surface area contributed by atoms with Crippen molar-refractivity contribution in [3.8, 4) is 0 Å². The number of carbonyl (C=O) groups is 4. The van der Waals surface area contributed by atoms with Gasteiger partial charge in [0.1, 0.15) is 11.4 Å². The molecular weight excluding hydrogens is 440 g/mol. The molecule has 0 radical (unpaired) electrons. The lowest BCUT2D eigenvalue weighted by molar-refractivity contribution is -0.117. The number of pyridine rings is 2. The number of nitrogens with zero attached hydrogens (tertiary/aromatic N) is 4. The highest BCUT2D eigenvalue weighted by Crippen LogP contribution is 2.29. The lowest BCUT2D eigenvalue weighted by atomic mass is 10.2. The van der Waals surface area contributed by atoms with Crippen molar-refractivity contribution in [3.05, 3.63) is 71.8 Å². The number of imide groups is 2. The summed E-state index contributed by atoms with van der Waals surface area (Å²) in [4.78, 5) is 65.1. The Balaban J connectivity index is 1.47. The molecule has 34 heavy (non-hydrogen) atoms. The van der Waals surface area contributed by atoms with Gasteiger partial charge < -0.3 is 9.97 Å². The van der Waals surface area contributed by atoms with Gasteiger partial charge in [-0.2, -0.15) is 10.0 Å². The van der Waals surface area contributed by atoms with Gasteiger partial charge in [-0.1, -0.05) is 0 Å². The van der Waals surface area contributed by atoms with Crippen LogP contribution in [0.2, 0.25) is 0 Å². The van der Waals surface area contributed by atoms with E-state index in [4.69, 9.17) is 0 Å². The minimum Gasteiger partial charge on any atom is -0.360 e. The maximum absolute atomic E-state index is 12.7. The first-order valence-corrected chi connectivity index (χ1v) is 10.1. The van der Waals surface area contributed by atoms with E-state index in [1.807, 2.05) is 0 Å². The number of H-pyrrole nitrogens is 2. The zero-order valence-corrected chi connectivity index (χ0v) is 17.2. The number of hydrogen-bond donors (Lipinski definition) is 4. The van der Waals surface area contributed by atoms with E-state index in [1.54, 1.807) is 49.3 Å². The van der Waals surface area contributed by atoms with Crippen LogP contribution in [0, 0.1) is 0 Å². The Morgan fingerprint density at radius 2 is 1.12 bits per heavy atom. The van der Waals surface area contributed by atoms with E-state index >= 15 is 0 Å². The molecule has 12 nitrogen and oxygen atoms in total. The number of amides is 6. The highest BCUT2D eigenvalue weighted by Gasteiger charge is 2.46. The minimum atomic E-state index is -0.870. The highest BCUT2D eigenvalue weighted by atomic mass is 16.2. The second kappa shape index (κ2) is 7.13. The van der Waals surface area contributed by atoms with Crippen molar-refractivity contribution in [1.29, 1.82) is 0 Å². The Bertz CT molecular complexity index is 1490. The van der Waals surface area contributed by atoms with Gasteiger partial charge in [0.15, 0.2) is 0 Å². The molecule has 6 amide bonds. The van der Waals surface area contributed by atoms with Crippen molar-refractivity contribution in [3.63, 3.8) is 0 Å². The number of fused-ring (bicyclic) bond motifs is 2. The normalized spacial score (nSPS) is 18.7. The Morgan fingerprint density at radius 1 is 0.676 bits per heavy atom. The molecule has 2 saturated heterocycles. The Hall–Kier alpha value is -5.26. The SMILES string of the molecule is O=C1NC(=O)N(N2C(=O)NC(=O)/C2=C/c2c[nH]c3ccncc23)/C1=C\c1c[nH]c2ccncc12. The highest BCUT2D eigenvalue weighted by molar-refractivity contribution is 6.19. The summed E-state index contributed by atoms with van der Waals surface area (Å²) in [6, 6.07) is 1.79. The van der Waals surface area contributed by atoms with Gasteiger partial charge in [0.05, 0.1) is 0 Å². The van der Waals surface area contributed by atoms with Gasteiger partial charge in [0, 0.05) is 70.1 Å². The number of rotatable bonds is 3. The number of hydrazine groups is 1. The molecule has 0 saturated carbocycles. The molecule has 4 aromatic rings. The monoisotopic (exact) mass is 454 g/mol. The second-order valence-corrected chi connectivity index (χ2v) is 7.53. The second-order valence-electron chi connectivity index (χ2n) is 7.53. The van der Waals surface area contributed by atoms with Crippen LogP contribution in [0.15, 0.2) is 60.7 Å². The average molecular weight is 454 g/mol. The van der Waals surface area contributed by atoms with Gasteiger partial charge in [0.25, 0.3) is 11.8 Å². The quantitative estimate of drug-likeness (QED) is 0.273. The molecule has 0 bridgehead atoms. The topological polar surface area (TPSA) is 156 Å². The zero-order chi connectivity index (χ0) is 23.4. The standard InChI is InChI=1S/C22H14N8O4/c31-19-17(5-11-7-25-15-1-3-23-9-13(11)15)29(21(33)27-19)30-18(20(32)28-22(30)34)6-12-8-26-16-2-4-24-10-14(12)16/h1-10,25-26H,(H,27,31,33)(H,28,32,34)/b17-5-,18-6-. The van der Waals surface area contributed by atoms with Crippen LogP contribution in [0.25, 0.3) is 34.0 Å². The fourth-order valence-electron chi connectivity index (χ4n) is 3.99. The van der Waals surface area contributed by atoms with Crippen molar-refractivity contribution in [1.82, 2.24) is 40.6 Å². The van der Waals surface area contributed by atoms with Gasteiger partial charge in [-0.25, -0.2) is 9.59 Å². The van der Waals surface area contributed by atoms with Crippen LogP contribution >= 0.6 is 0 Å². The molecule has 0 spiro atoms. The van der Waals surface area contributed by atoms with Crippen LogP contribution in [0.3, 0.4) is 0 Å². The van der Waals surface area contributed by atoms with Crippen LogP contribution in [-0.2, 0) is 9.59 Å². The van der Waals surface area contributed by atoms with Gasteiger partial charge in [-0.3, -0.25) is 30.2 Å². The van der Waals surface area contributed by atoms with Crippen LogP contribution < -0.4 is 10.6 Å². The molecule has 166 valence electrons. The zero-order valence-electron chi connectivity index (χ0n) is 17.2. The summed E-state index contributed by atoms with van der Waals surface area (Å²) < 4.78 is 0. The number of aromatic nitrogens is 4. The first kappa shape index (κ1) is 19.4. The van der Waals surface area contributed by atoms with E-state index in [1.165, 1.54) is 12.2 Å². The van der Waals surface area contributed by atoms with E-state index in [-0.39, 0.29) is 11.4 Å². The Morgan fingerprint density at radius 3 is 1.56 bits per heavy atom. The van der Waals surface area contributed by atoms with Gasteiger partial charge in [0.2, 0.25) is 0 Å². The van der Waals surface area contributed by atoms with E-state index < -0.39 is 23.9 Å². The van der Waals surface area contributed by atoms with E-state index in [9.17, 15) is 19.2 Å². The van der Waals surface area contributed by atoms with Gasteiger partial charge in [-0.15, -0.1) is 0 Å². The predicted octanol–water partition coefficient (Wildman–Crippen LogP) is 1.84. The Labute approximate surface area is 189 Å². The third kappa shape index (κ3) is 2.86. The number of urea groups is 2. The summed E-state index contributed by atoms with van der Waals surface area (Å²) in [7, 11) is 0. The lowest BCUT2D eigenvalue weighted by Gasteiger charge is -2.25. The molecule has 6 rings (SSSR count). The minimum absolute atomic E-state index is 0.133. The average Bonchev–Trinajstić information content (AvgIpc) is 3.56. The van der Waals surface area contributed by atoms with Crippen molar-refractivity contribution in [2.75, 3.05) is 0 Å². The van der Waals surface area contributed by atoms with Crippen molar-refractivity contribution >= 4 is 57.8 Å². The van der Waals surface area contributed by atoms with E-state index in [0.717, 1.165) is 21.1 Å². The molecule has 4 aromatic heterocycles. The molecular formula is C22H14N8O4. The predicted molar refractivity (Wildman–Crippen MR) is 119 cm³/mol. The van der Waals surface area contributed by atoms with Crippen LogP contribution in [-0.4, -0.2) is 53.8 Å². The molecule has 12 heteroatoms. The largest absolute Gasteiger partial charge is 0.360 e. The maximum Gasteiger partial charge on any atom is 0.348 e. The molecule has 0 aromatic carbocycles. The first-order valence-electron chi connectivity index (χ1n) is 10.1. The summed E-state index contributed by atoms with van der Waals surface area (Å²) in [5.41, 5.74) is 2.44. The van der Waals surface area contributed by atoms with Crippen LogP contribution in [0.1, 0.15) is 11.1 Å². The fourth-order valence-corrected chi connectivity index (χ4v) is 3.99. The number of aromatic amines is 2. The van der Waals surface area contributed by atoms with E-state index in [2.05, 4.69) is 30.6 Å². The van der Waals surface area contributed by atoms with Gasteiger partial charge in [-0.05, 0) is 24.3 Å². The van der Waals surface area contributed by atoms with Crippen molar-refractivity contribution < 1.29 is 19.2 Å². The lowest BCUT2D eigenvalue weighted by Crippen LogP contribution is -2.44. The number of carbonyl (C=O) groups excluding carboxylic acids is 4. The molecule has 6 heterocycles. The van der Waals surface area contributed by atoms with Gasteiger partial charge >= 0.3 is 12.1 Å². The molecule has 2 aliphatic rings. The third-order valence-corrected chi connectivity index (χ3v) is 5.56. The number of nitrogens with one attached hydrogen (secondary N) is 4. The smallest absolute Gasteiger partial charge is 0.348 e. The molecule has 0 unspecified atom stereocenters.